The monoisotopic (exact) mass is 500 g/mol. The number of rotatable bonds is 8. The number of amides is 2. The minimum atomic E-state index is -0.926. The SMILES string of the molecule is CCCOc1ccc(C2C3C(=O)N(c4ccc(C)cc4C)C(=O)C3ON2c2ccccc2)cc1OCC. The van der Waals surface area contributed by atoms with E-state index < -0.39 is 18.1 Å². The predicted octanol–water partition coefficient (Wildman–Crippen LogP) is 5.54. The number of carbonyl (C=O) groups is 2. The largest absolute Gasteiger partial charge is 0.490 e. The van der Waals surface area contributed by atoms with Gasteiger partial charge in [0.05, 0.1) is 30.6 Å². The Kier molecular flexibility index (Phi) is 6.89. The first-order chi connectivity index (χ1) is 17.9. The number of para-hydroxylation sites is 1. The van der Waals surface area contributed by atoms with Crippen LogP contribution in [0, 0.1) is 19.8 Å². The number of ether oxygens (including phenoxy) is 2. The number of hydroxylamine groups is 1. The summed E-state index contributed by atoms with van der Waals surface area (Å²) in [4.78, 5) is 35.2. The summed E-state index contributed by atoms with van der Waals surface area (Å²) in [6.45, 7) is 8.91. The van der Waals surface area contributed by atoms with E-state index in [9.17, 15) is 9.59 Å². The predicted molar refractivity (Wildman–Crippen MR) is 142 cm³/mol. The molecular weight excluding hydrogens is 468 g/mol. The third-order valence-electron chi connectivity index (χ3n) is 6.79. The maximum Gasteiger partial charge on any atom is 0.266 e. The first kappa shape index (κ1) is 24.8. The molecular formula is C30H32N2O5. The molecule has 192 valence electrons. The molecule has 37 heavy (non-hydrogen) atoms. The Balaban J connectivity index is 1.58. The number of aryl methyl sites for hydroxylation is 2. The van der Waals surface area contributed by atoms with Crippen molar-refractivity contribution in [2.75, 3.05) is 23.2 Å². The quantitative estimate of drug-likeness (QED) is 0.378. The molecule has 0 radical (unpaired) electrons. The minimum Gasteiger partial charge on any atom is -0.490 e. The normalized spacial score (nSPS) is 20.9. The van der Waals surface area contributed by atoms with Crippen LogP contribution in [0.25, 0.3) is 0 Å². The van der Waals surface area contributed by atoms with Crippen molar-refractivity contribution >= 4 is 23.2 Å². The fourth-order valence-corrected chi connectivity index (χ4v) is 5.15. The number of benzene rings is 3. The zero-order chi connectivity index (χ0) is 26.1. The van der Waals surface area contributed by atoms with Crippen LogP contribution in [-0.2, 0) is 14.4 Å². The molecule has 5 rings (SSSR count). The lowest BCUT2D eigenvalue weighted by molar-refractivity contribution is -0.126. The highest BCUT2D eigenvalue weighted by molar-refractivity contribution is 6.24. The van der Waals surface area contributed by atoms with Gasteiger partial charge in [-0.2, -0.15) is 0 Å². The Morgan fingerprint density at radius 3 is 2.35 bits per heavy atom. The van der Waals surface area contributed by atoms with Crippen molar-refractivity contribution in [3.63, 3.8) is 0 Å². The molecule has 3 atom stereocenters. The van der Waals surface area contributed by atoms with Gasteiger partial charge in [0, 0.05) is 0 Å². The highest BCUT2D eigenvalue weighted by atomic mass is 16.7. The first-order valence-corrected chi connectivity index (χ1v) is 12.8. The van der Waals surface area contributed by atoms with E-state index in [1.807, 2.05) is 94.4 Å². The first-order valence-electron chi connectivity index (χ1n) is 12.8. The van der Waals surface area contributed by atoms with Crippen LogP contribution in [0.4, 0.5) is 11.4 Å². The molecule has 2 heterocycles. The van der Waals surface area contributed by atoms with Gasteiger partial charge in [0.2, 0.25) is 5.91 Å². The van der Waals surface area contributed by atoms with Crippen LogP contribution >= 0.6 is 0 Å². The number of carbonyl (C=O) groups excluding carboxylic acids is 2. The van der Waals surface area contributed by atoms with Crippen LogP contribution in [-0.4, -0.2) is 31.1 Å². The minimum absolute atomic E-state index is 0.269. The Morgan fingerprint density at radius 2 is 1.65 bits per heavy atom. The zero-order valence-electron chi connectivity index (χ0n) is 21.6. The average molecular weight is 501 g/mol. The van der Waals surface area contributed by atoms with Crippen LogP contribution in [0.1, 0.15) is 43.0 Å². The number of imide groups is 1. The Labute approximate surface area is 217 Å². The molecule has 0 saturated carbocycles. The molecule has 3 aromatic rings. The number of hydrogen-bond donors (Lipinski definition) is 0. The maximum atomic E-state index is 14.0. The van der Waals surface area contributed by atoms with E-state index in [2.05, 4.69) is 0 Å². The van der Waals surface area contributed by atoms with E-state index in [0.29, 0.717) is 30.4 Å². The summed E-state index contributed by atoms with van der Waals surface area (Å²) in [6, 6.07) is 20.4. The van der Waals surface area contributed by atoms with Crippen molar-refractivity contribution in [1.82, 2.24) is 0 Å². The lowest BCUT2D eigenvalue weighted by Gasteiger charge is -2.29. The molecule has 7 nitrogen and oxygen atoms in total. The van der Waals surface area contributed by atoms with Crippen molar-refractivity contribution in [3.8, 4) is 11.5 Å². The van der Waals surface area contributed by atoms with Gasteiger partial charge in [-0.15, -0.1) is 0 Å². The van der Waals surface area contributed by atoms with E-state index in [0.717, 1.165) is 28.8 Å². The molecule has 3 unspecified atom stereocenters. The van der Waals surface area contributed by atoms with Gasteiger partial charge in [0.15, 0.2) is 17.6 Å². The van der Waals surface area contributed by atoms with Gasteiger partial charge < -0.3 is 9.47 Å². The van der Waals surface area contributed by atoms with E-state index in [1.165, 1.54) is 4.90 Å². The Hall–Kier alpha value is -3.84. The second kappa shape index (κ2) is 10.3. The molecule has 2 aliphatic rings. The van der Waals surface area contributed by atoms with Crippen LogP contribution in [0.5, 0.6) is 11.5 Å². The summed E-state index contributed by atoms with van der Waals surface area (Å²) >= 11 is 0. The highest BCUT2D eigenvalue weighted by Crippen LogP contribution is 2.49. The van der Waals surface area contributed by atoms with Gasteiger partial charge in [-0.1, -0.05) is 48.9 Å². The van der Waals surface area contributed by atoms with Gasteiger partial charge in [-0.25, -0.2) is 9.96 Å². The van der Waals surface area contributed by atoms with Gasteiger partial charge in [-0.3, -0.25) is 14.4 Å². The van der Waals surface area contributed by atoms with Gasteiger partial charge >= 0.3 is 0 Å². The molecule has 2 aliphatic heterocycles. The number of hydrogen-bond acceptors (Lipinski definition) is 6. The molecule has 0 N–H and O–H groups in total. The summed E-state index contributed by atoms with van der Waals surface area (Å²) in [5.41, 5.74) is 4.12. The molecule has 3 aromatic carbocycles. The number of nitrogens with zero attached hydrogens (tertiary/aromatic N) is 2. The third-order valence-corrected chi connectivity index (χ3v) is 6.79. The van der Waals surface area contributed by atoms with Crippen molar-refractivity contribution in [3.05, 3.63) is 83.4 Å². The molecule has 2 amide bonds. The van der Waals surface area contributed by atoms with E-state index in [-0.39, 0.29) is 11.8 Å². The van der Waals surface area contributed by atoms with E-state index in [1.54, 1.807) is 5.06 Å². The maximum absolute atomic E-state index is 14.0. The smallest absolute Gasteiger partial charge is 0.266 e. The van der Waals surface area contributed by atoms with Crippen LogP contribution in [0.3, 0.4) is 0 Å². The summed E-state index contributed by atoms with van der Waals surface area (Å²) < 4.78 is 11.8. The summed E-state index contributed by atoms with van der Waals surface area (Å²) in [5, 5.41) is 1.70. The van der Waals surface area contributed by atoms with Gasteiger partial charge in [0.25, 0.3) is 5.91 Å². The van der Waals surface area contributed by atoms with Crippen LogP contribution in [0.2, 0.25) is 0 Å². The van der Waals surface area contributed by atoms with Crippen molar-refractivity contribution in [1.29, 1.82) is 0 Å². The topological polar surface area (TPSA) is 68.3 Å². The highest BCUT2D eigenvalue weighted by Gasteiger charge is 2.60. The number of anilines is 2. The molecule has 2 saturated heterocycles. The molecule has 7 heteroatoms. The van der Waals surface area contributed by atoms with Gasteiger partial charge in [-0.05, 0) is 68.7 Å². The summed E-state index contributed by atoms with van der Waals surface area (Å²) in [7, 11) is 0. The zero-order valence-corrected chi connectivity index (χ0v) is 21.6. The van der Waals surface area contributed by atoms with Crippen molar-refractivity contribution in [2.24, 2.45) is 5.92 Å². The van der Waals surface area contributed by atoms with Crippen molar-refractivity contribution < 1.29 is 23.9 Å². The Morgan fingerprint density at radius 1 is 0.865 bits per heavy atom. The molecule has 0 aliphatic carbocycles. The average Bonchev–Trinajstić information content (AvgIpc) is 3.40. The van der Waals surface area contributed by atoms with Crippen LogP contribution in [0.15, 0.2) is 66.7 Å². The molecule has 0 spiro atoms. The molecule has 0 aromatic heterocycles. The fourth-order valence-electron chi connectivity index (χ4n) is 5.15. The standard InChI is InChI=1S/C30H32N2O5/c1-5-16-36-24-15-13-21(18-25(24)35-6-2)27-26-28(37-32(27)22-10-8-7-9-11-22)30(34)31(29(26)33)23-14-12-19(3)17-20(23)4/h7-15,17-18,26-28H,5-6,16H2,1-4H3. The van der Waals surface area contributed by atoms with Crippen molar-refractivity contribution in [2.45, 2.75) is 46.3 Å². The molecule has 0 bridgehead atoms. The third kappa shape index (κ3) is 4.44. The summed E-state index contributed by atoms with van der Waals surface area (Å²) in [5.74, 6) is -0.0777. The molecule has 2 fully saturated rings. The van der Waals surface area contributed by atoms with Crippen LogP contribution < -0.4 is 19.4 Å². The second-order valence-corrected chi connectivity index (χ2v) is 9.45. The summed E-state index contributed by atoms with van der Waals surface area (Å²) in [6.07, 6.45) is -0.0508. The number of fused-ring (bicyclic) bond motifs is 1. The van der Waals surface area contributed by atoms with E-state index in [4.69, 9.17) is 14.3 Å². The lowest BCUT2D eigenvalue weighted by atomic mass is 9.90. The fraction of sp³-hybridized carbons (Fsp3) is 0.333. The van der Waals surface area contributed by atoms with E-state index >= 15 is 0 Å². The second-order valence-electron chi connectivity index (χ2n) is 9.45. The lowest BCUT2D eigenvalue weighted by Crippen LogP contribution is -2.37. The van der Waals surface area contributed by atoms with Gasteiger partial charge in [0.1, 0.15) is 5.92 Å². The Bertz CT molecular complexity index is 1310.